The highest BCUT2D eigenvalue weighted by molar-refractivity contribution is 5.66. The quantitative estimate of drug-likeness (QED) is 0.796. The van der Waals surface area contributed by atoms with Gasteiger partial charge in [0.15, 0.2) is 0 Å². The Morgan fingerprint density at radius 3 is 3.00 bits per heavy atom. The number of hydrogen-bond acceptors (Lipinski definition) is 3. The Morgan fingerprint density at radius 2 is 2.33 bits per heavy atom. The smallest absolute Gasteiger partial charge is 0.407 e. The summed E-state index contributed by atoms with van der Waals surface area (Å²) in [5.41, 5.74) is 0.313. The number of carbonyl (C=O) groups excluding carboxylic acids is 1. The third-order valence-electron chi connectivity index (χ3n) is 1.88. The second-order valence-electron chi connectivity index (χ2n) is 3.06. The average molecular weight is 210 g/mol. The Morgan fingerprint density at radius 1 is 1.60 bits per heavy atom. The molecule has 0 saturated heterocycles. The van der Waals surface area contributed by atoms with E-state index in [1.54, 1.807) is 32.3 Å². The lowest BCUT2D eigenvalue weighted by Crippen LogP contribution is -2.26. The van der Waals surface area contributed by atoms with E-state index in [0.717, 1.165) is 0 Å². The number of rotatable bonds is 3. The molecule has 1 N–H and O–H groups in total. The lowest BCUT2D eigenvalue weighted by atomic mass is 10.3. The van der Waals surface area contributed by atoms with Crippen molar-refractivity contribution in [2.24, 2.45) is 7.05 Å². The van der Waals surface area contributed by atoms with Crippen molar-refractivity contribution in [3.8, 4) is 0 Å². The Bertz CT molecular complexity index is 398. The minimum atomic E-state index is -0.511. The van der Waals surface area contributed by atoms with Crippen molar-refractivity contribution in [1.29, 1.82) is 0 Å². The third-order valence-corrected chi connectivity index (χ3v) is 1.88. The maximum absolute atomic E-state index is 11.5. The SMILES string of the molecule is CCNC(=O)OCc1cccn(C)c1=O. The molecule has 0 fully saturated rings. The molecular formula is C10H14N2O3. The van der Waals surface area contributed by atoms with Gasteiger partial charge in [-0.3, -0.25) is 4.79 Å². The molecule has 0 atom stereocenters. The molecule has 0 unspecified atom stereocenters. The van der Waals surface area contributed by atoms with Gasteiger partial charge in [-0.15, -0.1) is 0 Å². The van der Waals surface area contributed by atoms with E-state index in [0.29, 0.717) is 12.1 Å². The molecule has 1 rings (SSSR count). The first-order chi connectivity index (χ1) is 7.15. The molecule has 5 nitrogen and oxygen atoms in total. The van der Waals surface area contributed by atoms with E-state index in [9.17, 15) is 9.59 Å². The minimum absolute atomic E-state index is 0.000648. The minimum Gasteiger partial charge on any atom is -0.444 e. The van der Waals surface area contributed by atoms with Crippen molar-refractivity contribution in [2.45, 2.75) is 13.5 Å². The average Bonchev–Trinajstić information content (AvgIpc) is 2.21. The summed E-state index contributed by atoms with van der Waals surface area (Å²) in [6.07, 6.45) is 1.14. The van der Waals surface area contributed by atoms with E-state index >= 15 is 0 Å². The van der Waals surface area contributed by atoms with Gasteiger partial charge in [-0.1, -0.05) is 0 Å². The second kappa shape index (κ2) is 5.19. The zero-order chi connectivity index (χ0) is 11.3. The summed E-state index contributed by atoms with van der Waals surface area (Å²) in [7, 11) is 1.65. The van der Waals surface area contributed by atoms with Crippen molar-refractivity contribution in [3.05, 3.63) is 34.2 Å². The summed E-state index contributed by atoms with van der Waals surface area (Å²) in [6.45, 7) is 2.30. The molecule has 0 bridgehead atoms. The fraction of sp³-hybridized carbons (Fsp3) is 0.400. The monoisotopic (exact) mass is 210 g/mol. The van der Waals surface area contributed by atoms with E-state index in [2.05, 4.69) is 5.32 Å². The lowest BCUT2D eigenvalue weighted by molar-refractivity contribution is 0.139. The van der Waals surface area contributed by atoms with Gasteiger partial charge < -0.3 is 14.6 Å². The van der Waals surface area contributed by atoms with Gasteiger partial charge in [0.1, 0.15) is 6.61 Å². The predicted octanol–water partition coefficient (Wildman–Crippen LogP) is 0.631. The zero-order valence-corrected chi connectivity index (χ0v) is 8.82. The summed E-state index contributed by atoms with van der Waals surface area (Å²) in [6, 6.07) is 3.37. The van der Waals surface area contributed by atoms with E-state index in [-0.39, 0.29) is 12.2 Å². The number of aryl methyl sites for hydroxylation is 1. The zero-order valence-electron chi connectivity index (χ0n) is 8.82. The first kappa shape index (κ1) is 11.3. The van der Waals surface area contributed by atoms with Crippen LogP contribution < -0.4 is 10.9 Å². The highest BCUT2D eigenvalue weighted by atomic mass is 16.5. The molecule has 0 spiro atoms. The number of hydrogen-bond donors (Lipinski definition) is 1. The predicted molar refractivity (Wildman–Crippen MR) is 55.5 cm³/mol. The first-order valence-corrected chi connectivity index (χ1v) is 4.70. The number of nitrogens with one attached hydrogen (secondary N) is 1. The molecule has 1 heterocycles. The van der Waals surface area contributed by atoms with Crippen molar-refractivity contribution in [1.82, 2.24) is 9.88 Å². The van der Waals surface area contributed by atoms with E-state index in [1.165, 1.54) is 4.57 Å². The molecule has 0 aliphatic heterocycles. The second-order valence-corrected chi connectivity index (χ2v) is 3.06. The van der Waals surface area contributed by atoms with Crippen LogP contribution >= 0.6 is 0 Å². The fourth-order valence-corrected chi connectivity index (χ4v) is 1.10. The van der Waals surface area contributed by atoms with Gasteiger partial charge in [0.05, 0.1) is 5.56 Å². The Kier molecular flexibility index (Phi) is 3.91. The van der Waals surface area contributed by atoms with Crippen LogP contribution in [0.25, 0.3) is 0 Å². The van der Waals surface area contributed by atoms with Gasteiger partial charge in [0, 0.05) is 19.8 Å². The van der Waals surface area contributed by atoms with Gasteiger partial charge in [-0.2, -0.15) is 0 Å². The summed E-state index contributed by atoms with van der Waals surface area (Å²) >= 11 is 0. The van der Waals surface area contributed by atoms with Gasteiger partial charge in [0.25, 0.3) is 5.56 Å². The van der Waals surface area contributed by atoms with Crippen LogP contribution in [-0.2, 0) is 18.4 Å². The number of alkyl carbamates (subject to hydrolysis) is 1. The molecule has 5 heteroatoms. The molecule has 0 aliphatic rings. The maximum Gasteiger partial charge on any atom is 0.407 e. The first-order valence-electron chi connectivity index (χ1n) is 4.70. The van der Waals surface area contributed by atoms with Crippen molar-refractivity contribution >= 4 is 6.09 Å². The molecular weight excluding hydrogens is 196 g/mol. The van der Waals surface area contributed by atoms with Crippen molar-refractivity contribution in [2.75, 3.05) is 6.54 Å². The highest BCUT2D eigenvalue weighted by Gasteiger charge is 2.04. The molecule has 15 heavy (non-hydrogen) atoms. The van der Waals surface area contributed by atoms with Crippen molar-refractivity contribution < 1.29 is 9.53 Å². The molecule has 1 amide bonds. The third kappa shape index (κ3) is 3.12. The van der Waals surface area contributed by atoms with E-state index < -0.39 is 6.09 Å². The molecule has 1 aromatic heterocycles. The standard InChI is InChI=1S/C10H14N2O3/c1-3-11-10(14)15-7-8-5-4-6-12(2)9(8)13/h4-6H,3,7H2,1-2H3,(H,11,14). The van der Waals surface area contributed by atoms with Crippen LogP contribution in [0, 0.1) is 0 Å². The maximum atomic E-state index is 11.5. The van der Waals surface area contributed by atoms with Crippen molar-refractivity contribution in [3.63, 3.8) is 0 Å². The van der Waals surface area contributed by atoms with Gasteiger partial charge in [-0.25, -0.2) is 4.79 Å². The molecule has 0 saturated carbocycles. The molecule has 0 radical (unpaired) electrons. The molecule has 82 valence electrons. The fourth-order valence-electron chi connectivity index (χ4n) is 1.10. The summed E-state index contributed by atoms with van der Waals surface area (Å²) in [5.74, 6) is 0. The Balaban J connectivity index is 2.62. The largest absolute Gasteiger partial charge is 0.444 e. The number of nitrogens with zero attached hydrogens (tertiary/aromatic N) is 1. The normalized spacial score (nSPS) is 9.73. The van der Waals surface area contributed by atoms with Gasteiger partial charge >= 0.3 is 6.09 Å². The summed E-state index contributed by atoms with van der Waals surface area (Å²) < 4.78 is 6.28. The number of carbonyl (C=O) groups is 1. The summed E-state index contributed by atoms with van der Waals surface area (Å²) in [4.78, 5) is 22.5. The number of amides is 1. The van der Waals surface area contributed by atoms with Gasteiger partial charge in [0.2, 0.25) is 0 Å². The van der Waals surface area contributed by atoms with Gasteiger partial charge in [-0.05, 0) is 19.1 Å². The lowest BCUT2D eigenvalue weighted by Gasteiger charge is -2.05. The summed E-state index contributed by atoms with van der Waals surface area (Å²) in [5, 5.41) is 2.48. The van der Waals surface area contributed by atoms with Crippen LogP contribution in [0.5, 0.6) is 0 Å². The topological polar surface area (TPSA) is 60.3 Å². The number of pyridine rings is 1. The highest BCUT2D eigenvalue weighted by Crippen LogP contribution is 1.94. The van der Waals surface area contributed by atoms with Crippen LogP contribution in [0.1, 0.15) is 12.5 Å². The van der Waals surface area contributed by atoms with Crippen LogP contribution in [0.2, 0.25) is 0 Å². The van der Waals surface area contributed by atoms with Crippen LogP contribution in [-0.4, -0.2) is 17.2 Å². The van der Waals surface area contributed by atoms with E-state index in [1.807, 2.05) is 0 Å². The number of ether oxygens (including phenoxy) is 1. The Hall–Kier alpha value is -1.78. The van der Waals surface area contributed by atoms with E-state index in [4.69, 9.17) is 4.74 Å². The molecule has 1 aromatic rings. The van der Waals surface area contributed by atoms with Crippen LogP contribution in [0.3, 0.4) is 0 Å². The van der Waals surface area contributed by atoms with Crippen LogP contribution in [0.4, 0.5) is 4.79 Å². The van der Waals surface area contributed by atoms with Crippen LogP contribution in [0.15, 0.2) is 23.1 Å². The number of aromatic nitrogens is 1. The Labute approximate surface area is 87.7 Å². The molecule has 0 aromatic carbocycles. The molecule has 0 aliphatic carbocycles.